The Morgan fingerprint density at radius 3 is 2.79 bits per heavy atom. The van der Waals surface area contributed by atoms with E-state index in [1.807, 2.05) is 6.07 Å². The van der Waals surface area contributed by atoms with Gasteiger partial charge in [-0.25, -0.2) is 4.39 Å². The number of hydrogen-bond acceptors (Lipinski definition) is 4. The summed E-state index contributed by atoms with van der Waals surface area (Å²) in [4.78, 5) is 4.15. The van der Waals surface area contributed by atoms with Crippen molar-refractivity contribution in [2.45, 2.75) is 18.9 Å². The lowest BCUT2D eigenvalue weighted by molar-refractivity contribution is 0.276. The summed E-state index contributed by atoms with van der Waals surface area (Å²) >= 11 is 0. The molecule has 1 aromatic carbocycles. The molecule has 1 saturated heterocycles. The SMILES string of the molecule is COc1cc(F)cc(C#Cc2cncc(OCC3CCCN3)c2)c1. The van der Waals surface area contributed by atoms with Crippen molar-refractivity contribution in [1.29, 1.82) is 0 Å². The molecule has 4 nitrogen and oxygen atoms in total. The standard InChI is InChI=1S/C19H19FN2O2/c1-23-18-8-14(7-16(20)10-18)4-5-15-9-19(12-21-11-15)24-13-17-3-2-6-22-17/h7-12,17,22H,2-3,6,13H2,1H3. The van der Waals surface area contributed by atoms with Crippen molar-refractivity contribution < 1.29 is 13.9 Å². The second kappa shape index (κ2) is 7.80. The van der Waals surface area contributed by atoms with Crippen molar-refractivity contribution in [2.24, 2.45) is 0 Å². The van der Waals surface area contributed by atoms with Crippen molar-refractivity contribution in [1.82, 2.24) is 10.3 Å². The highest BCUT2D eigenvalue weighted by molar-refractivity contribution is 5.46. The minimum absolute atomic E-state index is 0.377. The van der Waals surface area contributed by atoms with E-state index in [0.29, 0.717) is 29.7 Å². The van der Waals surface area contributed by atoms with Crippen LogP contribution in [0.4, 0.5) is 4.39 Å². The maximum Gasteiger partial charge on any atom is 0.138 e. The number of halogens is 1. The summed E-state index contributed by atoms with van der Waals surface area (Å²) in [6, 6.07) is 6.62. The van der Waals surface area contributed by atoms with Crippen LogP contribution < -0.4 is 14.8 Å². The van der Waals surface area contributed by atoms with Gasteiger partial charge in [0.25, 0.3) is 0 Å². The van der Waals surface area contributed by atoms with Gasteiger partial charge in [0.2, 0.25) is 0 Å². The van der Waals surface area contributed by atoms with Crippen molar-refractivity contribution in [2.75, 3.05) is 20.3 Å². The fourth-order valence-corrected chi connectivity index (χ4v) is 2.56. The molecule has 2 aromatic rings. The van der Waals surface area contributed by atoms with E-state index in [9.17, 15) is 4.39 Å². The monoisotopic (exact) mass is 326 g/mol. The highest BCUT2D eigenvalue weighted by Gasteiger charge is 2.14. The lowest BCUT2D eigenvalue weighted by atomic mass is 10.2. The Morgan fingerprint density at radius 1 is 1.17 bits per heavy atom. The van der Waals surface area contributed by atoms with Crippen molar-refractivity contribution in [3.63, 3.8) is 0 Å². The highest BCUT2D eigenvalue weighted by atomic mass is 19.1. The quantitative estimate of drug-likeness (QED) is 0.878. The third kappa shape index (κ3) is 4.46. The molecular weight excluding hydrogens is 307 g/mol. The van der Waals surface area contributed by atoms with Crippen LogP contribution in [0.1, 0.15) is 24.0 Å². The Morgan fingerprint density at radius 2 is 2.00 bits per heavy atom. The molecule has 1 N–H and O–H groups in total. The summed E-state index contributed by atoms with van der Waals surface area (Å²) in [5.41, 5.74) is 1.27. The Bertz CT molecular complexity index is 761. The zero-order chi connectivity index (χ0) is 16.8. The van der Waals surface area contributed by atoms with E-state index >= 15 is 0 Å². The van der Waals surface area contributed by atoms with Gasteiger partial charge in [-0.15, -0.1) is 0 Å². The van der Waals surface area contributed by atoms with Crippen LogP contribution >= 0.6 is 0 Å². The molecule has 1 unspecified atom stereocenters. The Labute approximate surface area is 141 Å². The fourth-order valence-electron chi connectivity index (χ4n) is 2.56. The van der Waals surface area contributed by atoms with Gasteiger partial charge in [0, 0.05) is 29.4 Å². The van der Waals surface area contributed by atoms with E-state index in [-0.39, 0.29) is 5.82 Å². The van der Waals surface area contributed by atoms with Crippen LogP contribution in [0.2, 0.25) is 0 Å². The lowest BCUT2D eigenvalue weighted by Gasteiger charge is -2.11. The van der Waals surface area contributed by atoms with Crippen LogP contribution in [0.3, 0.4) is 0 Å². The van der Waals surface area contributed by atoms with Gasteiger partial charge in [-0.1, -0.05) is 11.8 Å². The Kier molecular flexibility index (Phi) is 5.29. The highest BCUT2D eigenvalue weighted by Crippen LogP contribution is 2.16. The number of nitrogens with zero attached hydrogens (tertiary/aromatic N) is 1. The predicted octanol–water partition coefficient (Wildman–Crippen LogP) is 2.76. The molecule has 0 aliphatic carbocycles. The number of nitrogens with one attached hydrogen (secondary N) is 1. The minimum Gasteiger partial charge on any atom is -0.497 e. The van der Waals surface area contributed by atoms with Gasteiger partial charge in [0.15, 0.2) is 0 Å². The molecule has 0 bridgehead atoms. The van der Waals surface area contributed by atoms with Gasteiger partial charge in [-0.05, 0) is 37.6 Å². The molecule has 1 aromatic heterocycles. The average Bonchev–Trinajstić information content (AvgIpc) is 3.11. The third-order valence-corrected chi connectivity index (χ3v) is 3.78. The van der Waals surface area contributed by atoms with E-state index in [1.165, 1.54) is 25.7 Å². The van der Waals surface area contributed by atoms with Crippen molar-refractivity contribution in [3.05, 3.63) is 53.6 Å². The second-order valence-corrected chi connectivity index (χ2v) is 5.64. The number of hydrogen-bond donors (Lipinski definition) is 1. The third-order valence-electron chi connectivity index (χ3n) is 3.78. The van der Waals surface area contributed by atoms with Crippen LogP contribution in [-0.4, -0.2) is 31.3 Å². The molecule has 5 heteroatoms. The molecule has 2 heterocycles. The predicted molar refractivity (Wildman–Crippen MR) is 89.7 cm³/mol. The first-order valence-corrected chi connectivity index (χ1v) is 7.91. The summed E-state index contributed by atoms with van der Waals surface area (Å²) < 4.78 is 24.3. The maximum atomic E-state index is 13.5. The molecule has 1 aliphatic heterocycles. The number of pyridine rings is 1. The summed E-state index contributed by atoms with van der Waals surface area (Å²) in [6.07, 6.45) is 5.65. The molecular formula is C19H19FN2O2. The van der Waals surface area contributed by atoms with E-state index in [2.05, 4.69) is 22.1 Å². The van der Waals surface area contributed by atoms with Crippen LogP contribution in [-0.2, 0) is 0 Å². The van der Waals surface area contributed by atoms with Crippen molar-refractivity contribution in [3.8, 4) is 23.3 Å². The molecule has 1 fully saturated rings. The van der Waals surface area contributed by atoms with Gasteiger partial charge in [0.1, 0.15) is 23.9 Å². The number of benzene rings is 1. The molecule has 0 saturated carbocycles. The summed E-state index contributed by atoms with van der Waals surface area (Å²) in [5, 5.41) is 3.38. The summed E-state index contributed by atoms with van der Waals surface area (Å²) in [7, 11) is 1.50. The largest absolute Gasteiger partial charge is 0.497 e. The van der Waals surface area contributed by atoms with Gasteiger partial charge >= 0.3 is 0 Å². The number of aromatic nitrogens is 1. The topological polar surface area (TPSA) is 43.4 Å². The van der Waals surface area contributed by atoms with Gasteiger partial charge in [-0.3, -0.25) is 4.98 Å². The molecule has 0 amide bonds. The number of rotatable bonds is 4. The first-order chi connectivity index (χ1) is 11.7. The van der Waals surface area contributed by atoms with Crippen LogP contribution in [0.25, 0.3) is 0 Å². The molecule has 0 radical (unpaired) electrons. The molecule has 24 heavy (non-hydrogen) atoms. The zero-order valence-electron chi connectivity index (χ0n) is 13.5. The smallest absolute Gasteiger partial charge is 0.138 e. The second-order valence-electron chi connectivity index (χ2n) is 5.64. The van der Waals surface area contributed by atoms with Crippen LogP contribution in [0.5, 0.6) is 11.5 Å². The maximum absolute atomic E-state index is 13.5. The van der Waals surface area contributed by atoms with E-state index in [1.54, 1.807) is 18.5 Å². The van der Waals surface area contributed by atoms with Crippen molar-refractivity contribution >= 4 is 0 Å². The normalized spacial score (nSPS) is 16.3. The number of ether oxygens (including phenoxy) is 2. The minimum atomic E-state index is -0.377. The van der Waals surface area contributed by atoms with Crippen LogP contribution in [0.15, 0.2) is 36.7 Å². The zero-order valence-corrected chi connectivity index (χ0v) is 13.5. The average molecular weight is 326 g/mol. The molecule has 0 spiro atoms. The Hall–Kier alpha value is -2.58. The van der Waals surface area contributed by atoms with Gasteiger partial charge < -0.3 is 14.8 Å². The van der Waals surface area contributed by atoms with E-state index in [4.69, 9.17) is 9.47 Å². The van der Waals surface area contributed by atoms with Gasteiger partial charge in [0.05, 0.1) is 13.3 Å². The number of methoxy groups -OCH3 is 1. The molecule has 1 aliphatic rings. The summed E-state index contributed by atoms with van der Waals surface area (Å²) in [5.74, 6) is 6.65. The van der Waals surface area contributed by atoms with Crippen LogP contribution in [0, 0.1) is 17.7 Å². The lowest BCUT2D eigenvalue weighted by Crippen LogP contribution is -2.28. The first kappa shape index (κ1) is 16.3. The molecule has 1 atom stereocenters. The molecule has 124 valence electrons. The van der Waals surface area contributed by atoms with E-state index < -0.39 is 0 Å². The van der Waals surface area contributed by atoms with E-state index in [0.717, 1.165) is 18.5 Å². The van der Waals surface area contributed by atoms with Gasteiger partial charge in [-0.2, -0.15) is 0 Å². The molecule has 3 rings (SSSR count). The fraction of sp³-hybridized carbons (Fsp3) is 0.316. The first-order valence-electron chi connectivity index (χ1n) is 7.91. The Balaban J connectivity index is 1.69. The summed E-state index contributed by atoms with van der Waals surface area (Å²) in [6.45, 7) is 1.68.